The summed E-state index contributed by atoms with van der Waals surface area (Å²) < 4.78 is 12.0. The first-order valence-corrected chi connectivity index (χ1v) is 7.93. The Bertz CT molecular complexity index is 982. The number of anilines is 2. The predicted octanol–water partition coefficient (Wildman–Crippen LogP) is 1.52. The fourth-order valence-electron chi connectivity index (χ4n) is 2.74. The van der Waals surface area contributed by atoms with Crippen molar-refractivity contribution >= 4 is 23.3 Å². The Morgan fingerprint density at radius 3 is 2.69 bits per heavy atom. The number of fused-ring (bicyclic) bond motifs is 1. The number of methoxy groups -OCH3 is 2. The molecule has 9 heteroatoms. The number of aryl methyl sites for hydroxylation is 2. The van der Waals surface area contributed by atoms with Crippen molar-refractivity contribution in [2.75, 3.05) is 25.3 Å². The molecule has 136 valence electrons. The molecule has 0 aliphatic rings. The van der Waals surface area contributed by atoms with Crippen molar-refractivity contribution in [3.8, 4) is 11.5 Å². The molecule has 1 amide bonds. The van der Waals surface area contributed by atoms with Crippen LogP contribution >= 0.6 is 0 Å². The van der Waals surface area contributed by atoms with Crippen LogP contribution in [-0.4, -0.2) is 39.7 Å². The summed E-state index contributed by atoms with van der Waals surface area (Å²) >= 11 is 0. The maximum atomic E-state index is 12.6. The average molecular weight is 356 g/mol. The van der Waals surface area contributed by atoms with Gasteiger partial charge in [0, 0.05) is 23.0 Å². The normalized spacial score (nSPS) is 10.8. The lowest BCUT2D eigenvalue weighted by atomic mass is 10.1. The number of aromatic nitrogens is 4. The molecule has 0 aliphatic heterocycles. The zero-order chi connectivity index (χ0) is 18.8. The predicted molar refractivity (Wildman–Crippen MR) is 96.5 cm³/mol. The summed E-state index contributed by atoms with van der Waals surface area (Å²) in [7, 11) is 3.10. The van der Waals surface area contributed by atoms with Crippen LogP contribution in [0.5, 0.6) is 11.5 Å². The van der Waals surface area contributed by atoms with E-state index in [1.54, 1.807) is 29.8 Å². The lowest BCUT2D eigenvalue weighted by Gasteiger charge is -2.13. The largest absolute Gasteiger partial charge is 0.497 e. The maximum Gasteiger partial charge on any atom is 0.254 e. The number of benzene rings is 1. The number of nitrogens with one attached hydrogen (secondary N) is 1. The van der Waals surface area contributed by atoms with Crippen LogP contribution in [0.4, 0.5) is 11.6 Å². The molecule has 0 unspecified atom stereocenters. The third-order valence-corrected chi connectivity index (χ3v) is 4.09. The third-order valence-electron chi connectivity index (χ3n) is 4.09. The molecule has 3 N–H and O–H groups in total. The van der Waals surface area contributed by atoms with Crippen molar-refractivity contribution in [2.24, 2.45) is 0 Å². The Balaban J connectivity index is 1.86. The van der Waals surface area contributed by atoms with Gasteiger partial charge in [-0.3, -0.25) is 4.79 Å². The first-order chi connectivity index (χ1) is 12.4. The molecule has 2 heterocycles. The smallest absolute Gasteiger partial charge is 0.254 e. The number of nitrogens with zero attached hydrogens (tertiary/aromatic N) is 4. The Labute approximate surface area is 150 Å². The number of nitrogens with two attached hydrogens (primary N) is 1. The van der Waals surface area contributed by atoms with Crippen molar-refractivity contribution in [1.29, 1.82) is 0 Å². The van der Waals surface area contributed by atoms with Gasteiger partial charge >= 0.3 is 0 Å². The fraction of sp³-hybridized carbons (Fsp3) is 0.294. The number of ether oxygens (including phenoxy) is 2. The molecule has 2 aromatic heterocycles. The van der Waals surface area contributed by atoms with E-state index in [1.165, 1.54) is 7.11 Å². The second-order valence-electron chi connectivity index (χ2n) is 5.73. The van der Waals surface area contributed by atoms with Crippen molar-refractivity contribution in [2.45, 2.75) is 20.3 Å². The molecule has 0 saturated heterocycles. The maximum absolute atomic E-state index is 12.6. The van der Waals surface area contributed by atoms with Gasteiger partial charge in [0.2, 0.25) is 11.9 Å². The summed E-state index contributed by atoms with van der Waals surface area (Å²) in [6.07, 6.45) is 0.134. The lowest BCUT2D eigenvalue weighted by Crippen LogP contribution is -2.18. The van der Waals surface area contributed by atoms with Gasteiger partial charge in [-0.2, -0.15) is 9.50 Å². The molecule has 3 aromatic rings. The van der Waals surface area contributed by atoms with Gasteiger partial charge in [-0.1, -0.05) is 0 Å². The monoisotopic (exact) mass is 356 g/mol. The van der Waals surface area contributed by atoms with E-state index in [2.05, 4.69) is 20.4 Å². The van der Waals surface area contributed by atoms with Gasteiger partial charge in [0.05, 0.1) is 26.3 Å². The van der Waals surface area contributed by atoms with Crippen molar-refractivity contribution < 1.29 is 14.3 Å². The third kappa shape index (κ3) is 3.23. The highest BCUT2D eigenvalue weighted by molar-refractivity contribution is 5.94. The summed E-state index contributed by atoms with van der Waals surface area (Å²) in [6, 6.07) is 5.19. The molecule has 0 radical (unpaired) electrons. The van der Waals surface area contributed by atoms with Gasteiger partial charge in [0.1, 0.15) is 11.5 Å². The molecule has 0 bridgehead atoms. The van der Waals surface area contributed by atoms with E-state index in [1.807, 2.05) is 13.8 Å². The summed E-state index contributed by atoms with van der Waals surface area (Å²) in [5, 5.41) is 6.96. The van der Waals surface area contributed by atoms with E-state index in [-0.39, 0.29) is 18.3 Å². The minimum Gasteiger partial charge on any atom is -0.497 e. The van der Waals surface area contributed by atoms with Crippen LogP contribution in [-0.2, 0) is 11.2 Å². The van der Waals surface area contributed by atoms with Gasteiger partial charge in [0.15, 0.2) is 0 Å². The minimum atomic E-state index is -0.200. The molecule has 1 aromatic carbocycles. The highest BCUT2D eigenvalue weighted by Crippen LogP contribution is 2.29. The van der Waals surface area contributed by atoms with Crippen molar-refractivity contribution in [3.63, 3.8) is 0 Å². The van der Waals surface area contributed by atoms with Gasteiger partial charge in [-0.05, 0) is 26.0 Å². The Morgan fingerprint density at radius 2 is 2.00 bits per heavy atom. The Kier molecular flexibility index (Phi) is 4.61. The quantitative estimate of drug-likeness (QED) is 0.712. The lowest BCUT2D eigenvalue weighted by molar-refractivity contribution is -0.115. The van der Waals surface area contributed by atoms with Gasteiger partial charge in [-0.25, -0.2) is 4.98 Å². The zero-order valence-corrected chi connectivity index (χ0v) is 15.0. The first kappa shape index (κ1) is 17.5. The van der Waals surface area contributed by atoms with Crippen LogP contribution in [0, 0.1) is 13.8 Å². The molecule has 0 spiro atoms. The topological polar surface area (TPSA) is 117 Å². The number of carbonyl (C=O) groups excluding carboxylic acids is 1. The molecule has 0 atom stereocenters. The number of amides is 1. The summed E-state index contributed by atoms with van der Waals surface area (Å²) in [4.78, 5) is 21.0. The number of rotatable bonds is 5. The van der Waals surface area contributed by atoms with Gasteiger partial charge < -0.3 is 20.5 Å². The highest BCUT2D eigenvalue weighted by atomic mass is 16.5. The zero-order valence-electron chi connectivity index (χ0n) is 15.0. The SMILES string of the molecule is COc1ccc(NC(=O)Cc2c(C)nc3nc(N)nn3c2C)c(OC)c1. The summed E-state index contributed by atoms with van der Waals surface area (Å²) in [5.41, 5.74) is 8.44. The molecule has 0 fully saturated rings. The van der Waals surface area contributed by atoms with E-state index >= 15 is 0 Å². The molecule has 3 rings (SSSR count). The average Bonchev–Trinajstić information content (AvgIpc) is 2.99. The second kappa shape index (κ2) is 6.87. The van der Waals surface area contributed by atoms with Crippen LogP contribution in [0.2, 0.25) is 0 Å². The standard InChI is InChI=1S/C17H20N6O3/c1-9-12(10(2)23-17(19-9)21-16(18)22-23)8-15(24)20-13-6-5-11(25-3)7-14(13)26-4/h5-7H,8H2,1-4H3,(H2,18,22)(H,20,24). The van der Waals surface area contributed by atoms with Crippen molar-refractivity contribution in [1.82, 2.24) is 19.6 Å². The highest BCUT2D eigenvalue weighted by Gasteiger charge is 2.16. The van der Waals surface area contributed by atoms with Crippen LogP contribution in [0.3, 0.4) is 0 Å². The molecular weight excluding hydrogens is 336 g/mol. The van der Waals surface area contributed by atoms with Crippen LogP contribution in [0.15, 0.2) is 18.2 Å². The number of nitrogen functional groups attached to an aromatic ring is 1. The van der Waals surface area contributed by atoms with Crippen molar-refractivity contribution in [3.05, 3.63) is 35.2 Å². The van der Waals surface area contributed by atoms with E-state index in [0.29, 0.717) is 28.7 Å². The molecule has 0 saturated carbocycles. The fourth-order valence-corrected chi connectivity index (χ4v) is 2.74. The van der Waals surface area contributed by atoms with Crippen LogP contribution < -0.4 is 20.5 Å². The number of hydrogen-bond donors (Lipinski definition) is 2. The number of carbonyl (C=O) groups is 1. The Hall–Kier alpha value is -3.36. The van der Waals surface area contributed by atoms with Crippen LogP contribution in [0.1, 0.15) is 17.0 Å². The van der Waals surface area contributed by atoms with E-state index in [0.717, 1.165) is 11.3 Å². The van der Waals surface area contributed by atoms with Gasteiger partial charge in [-0.15, -0.1) is 5.10 Å². The van der Waals surface area contributed by atoms with E-state index in [9.17, 15) is 4.79 Å². The minimum absolute atomic E-state index is 0.134. The van der Waals surface area contributed by atoms with E-state index < -0.39 is 0 Å². The first-order valence-electron chi connectivity index (χ1n) is 7.93. The number of hydrogen-bond acceptors (Lipinski definition) is 7. The Morgan fingerprint density at radius 1 is 1.23 bits per heavy atom. The molecule has 26 heavy (non-hydrogen) atoms. The summed E-state index contributed by atoms with van der Waals surface area (Å²) in [5.74, 6) is 1.52. The van der Waals surface area contributed by atoms with Crippen LogP contribution in [0.25, 0.3) is 5.78 Å². The summed E-state index contributed by atoms with van der Waals surface area (Å²) in [6.45, 7) is 3.68. The van der Waals surface area contributed by atoms with E-state index in [4.69, 9.17) is 15.2 Å². The van der Waals surface area contributed by atoms with Gasteiger partial charge in [0.25, 0.3) is 5.78 Å². The second-order valence-corrected chi connectivity index (χ2v) is 5.73. The molecular formula is C17H20N6O3. The molecule has 9 nitrogen and oxygen atoms in total. The molecule has 0 aliphatic carbocycles.